The van der Waals surface area contributed by atoms with Gasteiger partial charge in [0.05, 0.1) is 6.04 Å². The predicted octanol–water partition coefficient (Wildman–Crippen LogP) is -0.359. The van der Waals surface area contributed by atoms with Gasteiger partial charge in [0, 0.05) is 44.1 Å². The van der Waals surface area contributed by atoms with Crippen molar-refractivity contribution in [2.24, 2.45) is 0 Å². The largest absolute Gasteiger partial charge is 0.398 e. The van der Waals surface area contributed by atoms with E-state index in [1.54, 1.807) is 16.8 Å². The summed E-state index contributed by atoms with van der Waals surface area (Å²) in [6.07, 6.45) is 2.42. The second-order valence-corrected chi connectivity index (χ2v) is 4.75. The first-order valence-electron chi connectivity index (χ1n) is 6.59. The number of hydrogen-bond acceptors (Lipinski definition) is 4. The molecule has 1 saturated heterocycles. The lowest BCUT2D eigenvalue weighted by molar-refractivity contribution is -0.129. The number of nitrogens with one attached hydrogen (secondary N) is 1. The van der Waals surface area contributed by atoms with Crippen LogP contribution in [0.5, 0.6) is 0 Å². The van der Waals surface area contributed by atoms with Crippen LogP contribution in [0.4, 0.5) is 5.69 Å². The van der Waals surface area contributed by atoms with E-state index in [1.165, 1.54) is 6.07 Å². The molecule has 2 heterocycles. The minimum absolute atomic E-state index is 0.0660. The van der Waals surface area contributed by atoms with Crippen LogP contribution in [-0.2, 0) is 11.3 Å². The van der Waals surface area contributed by atoms with Gasteiger partial charge >= 0.3 is 0 Å². The van der Waals surface area contributed by atoms with Crippen molar-refractivity contribution >= 4 is 11.6 Å². The molecule has 104 valence electrons. The number of aromatic nitrogens is 1. The highest BCUT2D eigenvalue weighted by Gasteiger charge is 2.27. The first-order valence-corrected chi connectivity index (χ1v) is 6.59. The Morgan fingerprint density at radius 2 is 2.16 bits per heavy atom. The van der Waals surface area contributed by atoms with Crippen LogP contribution in [0.1, 0.15) is 13.3 Å². The number of nitrogen functional groups attached to an aromatic ring is 1. The maximum atomic E-state index is 11.7. The number of rotatable bonds is 4. The molecule has 0 spiro atoms. The maximum absolute atomic E-state index is 11.7. The van der Waals surface area contributed by atoms with Gasteiger partial charge in [-0.2, -0.15) is 0 Å². The van der Waals surface area contributed by atoms with E-state index in [0.717, 1.165) is 13.0 Å². The lowest BCUT2D eigenvalue weighted by Crippen LogP contribution is -2.55. The Hall–Kier alpha value is -1.82. The topological polar surface area (TPSA) is 80.4 Å². The van der Waals surface area contributed by atoms with E-state index in [9.17, 15) is 9.59 Å². The molecule has 6 heteroatoms. The number of nitrogens with two attached hydrogens (primary N) is 1. The molecule has 0 saturated carbocycles. The van der Waals surface area contributed by atoms with Crippen LogP contribution in [0, 0.1) is 0 Å². The summed E-state index contributed by atoms with van der Waals surface area (Å²) in [4.78, 5) is 25.5. The van der Waals surface area contributed by atoms with Gasteiger partial charge in [-0.15, -0.1) is 0 Å². The lowest BCUT2D eigenvalue weighted by atomic mass is 10.1. The summed E-state index contributed by atoms with van der Waals surface area (Å²) in [5, 5.41) is 2.86. The van der Waals surface area contributed by atoms with Gasteiger partial charge in [0.2, 0.25) is 5.91 Å². The number of carbonyl (C=O) groups excluding carboxylic acids is 1. The number of anilines is 1. The van der Waals surface area contributed by atoms with E-state index >= 15 is 0 Å². The molecule has 1 aliphatic rings. The van der Waals surface area contributed by atoms with Crippen molar-refractivity contribution in [3.63, 3.8) is 0 Å². The van der Waals surface area contributed by atoms with E-state index < -0.39 is 0 Å². The second-order valence-electron chi connectivity index (χ2n) is 4.75. The zero-order valence-electron chi connectivity index (χ0n) is 11.1. The average molecular weight is 264 g/mol. The Balaban J connectivity index is 2.03. The molecule has 6 nitrogen and oxygen atoms in total. The Morgan fingerprint density at radius 1 is 1.37 bits per heavy atom. The second kappa shape index (κ2) is 5.88. The smallest absolute Gasteiger partial charge is 0.250 e. The molecule has 0 aliphatic carbocycles. The molecule has 0 radical (unpaired) electrons. The van der Waals surface area contributed by atoms with Gasteiger partial charge in [0.15, 0.2) is 0 Å². The molecule has 1 fully saturated rings. The number of hydrogen-bond donors (Lipinski definition) is 2. The van der Waals surface area contributed by atoms with Crippen molar-refractivity contribution in [1.82, 2.24) is 14.8 Å². The fraction of sp³-hybridized carbons (Fsp3) is 0.538. The molecule has 0 bridgehead atoms. The third-order valence-electron chi connectivity index (χ3n) is 3.46. The number of piperazine rings is 1. The summed E-state index contributed by atoms with van der Waals surface area (Å²) in [6.45, 7) is 4.71. The zero-order valence-corrected chi connectivity index (χ0v) is 11.1. The zero-order chi connectivity index (χ0) is 13.8. The van der Waals surface area contributed by atoms with Crippen molar-refractivity contribution < 1.29 is 4.79 Å². The summed E-state index contributed by atoms with van der Waals surface area (Å²) in [6, 6.07) is 2.97. The SMILES string of the molecule is CCC1C(=O)NCCN1CCn1cc(N)ccc1=O. The number of carbonyl (C=O) groups is 1. The van der Waals surface area contributed by atoms with Crippen molar-refractivity contribution in [1.29, 1.82) is 0 Å². The van der Waals surface area contributed by atoms with Crippen molar-refractivity contribution in [3.8, 4) is 0 Å². The quantitative estimate of drug-likeness (QED) is 0.778. The molecule has 1 aromatic rings. The average Bonchev–Trinajstić information content (AvgIpc) is 2.40. The van der Waals surface area contributed by atoms with E-state index in [2.05, 4.69) is 10.2 Å². The van der Waals surface area contributed by atoms with Crippen LogP contribution in [0.15, 0.2) is 23.1 Å². The molecule has 1 unspecified atom stereocenters. The van der Waals surface area contributed by atoms with Gasteiger partial charge in [-0.25, -0.2) is 0 Å². The highest BCUT2D eigenvalue weighted by Crippen LogP contribution is 2.08. The molecular formula is C13H20N4O2. The van der Waals surface area contributed by atoms with Crippen LogP contribution in [-0.4, -0.2) is 41.1 Å². The summed E-state index contributed by atoms with van der Waals surface area (Å²) in [7, 11) is 0. The highest BCUT2D eigenvalue weighted by atomic mass is 16.2. The fourth-order valence-electron chi connectivity index (χ4n) is 2.43. The Bertz CT molecular complexity index is 512. The fourth-order valence-corrected chi connectivity index (χ4v) is 2.43. The summed E-state index contributed by atoms with van der Waals surface area (Å²) < 4.78 is 1.59. The van der Waals surface area contributed by atoms with Gasteiger partial charge in [-0.05, 0) is 12.5 Å². The highest BCUT2D eigenvalue weighted by molar-refractivity contribution is 5.82. The molecule has 2 rings (SSSR count). The number of amides is 1. The van der Waals surface area contributed by atoms with Crippen LogP contribution in [0.3, 0.4) is 0 Å². The standard InChI is InChI=1S/C13H20N4O2/c1-2-11-13(19)15-5-6-16(11)7-8-17-9-10(14)3-4-12(17)18/h3-4,9,11H,2,5-8,14H2,1H3,(H,15,19). The van der Waals surface area contributed by atoms with E-state index in [4.69, 9.17) is 5.73 Å². The monoisotopic (exact) mass is 264 g/mol. The molecule has 1 amide bonds. The summed E-state index contributed by atoms with van der Waals surface area (Å²) in [5.74, 6) is 0.0775. The molecule has 1 aromatic heterocycles. The van der Waals surface area contributed by atoms with Crippen LogP contribution in [0.25, 0.3) is 0 Å². The van der Waals surface area contributed by atoms with Crippen molar-refractivity contribution in [2.75, 3.05) is 25.4 Å². The summed E-state index contributed by atoms with van der Waals surface area (Å²) >= 11 is 0. The van der Waals surface area contributed by atoms with Crippen molar-refractivity contribution in [3.05, 3.63) is 28.7 Å². The van der Waals surface area contributed by atoms with Gasteiger partial charge in [-0.1, -0.05) is 6.92 Å². The predicted molar refractivity (Wildman–Crippen MR) is 73.8 cm³/mol. The minimum atomic E-state index is -0.0921. The lowest BCUT2D eigenvalue weighted by Gasteiger charge is -2.34. The first kappa shape index (κ1) is 13.6. The Kier molecular flexibility index (Phi) is 4.21. The van der Waals surface area contributed by atoms with E-state index in [-0.39, 0.29) is 17.5 Å². The van der Waals surface area contributed by atoms with E-state index in [0.29, 0.717) is 25.3 Å². The maximum Gasteiger partial charge on any atom is 0.250 e. The minimum Gasteiger partial charge on any atom is -0.398 e. The van der Waals surface area contributed by atoms with Crippen LogP contribution < -0.4 is 16.6 Å². The summed E-state index contributed by atoms with van der Waals surface area (Å²) in [5.41, 5.74) is 6.18. The third kappa shape index (κ3) is 3.14. The van der Waals surface area contributed by atoms with Gasteiger partial charge in [0.1, 0.15) is 0 Å². The Labute approximate surface area is 112 Å². The molecular weight excluding hydrogens is 244 g/mol. The number of pyridine rings is 1. The van der Waals surface area contributed by atoms with Gasteiger partial charge in [-0.3, -0.25) is 14.5 Å². The van der Waals surface area contributed by atoms with Crippen molar-refractivity contribution in [2.45, 2.75) is 25.9 Å². The molecule has 3 N–H and O–H groups in total. The van der Waals surface area contributed by atoms with Gasteiger partial charge < -0.3 is 15.6 Å². The first-order chi connectivity index (χ1) is 9.11. The molecule has 0 aromatic carbocycles. The Morgan fingerprint density at radius 3 is 2.89 bits per heavy atom. The third-order valence-corrected chi connectivity index (χ3v) is 3.46. The molecule has 1 aliphatic heterocycles. The number of nitrogens with zero attached hydrogens (tertiary/aromatic N) is 2. The molecule has 1 atom stereocenters. The van der Waals surface area contributed by atoms with Gasteiger partial charge in [0.25, 0.3) is 5.56 Å². The van der Waals surface area contributed by atoms with Crippen LogP contribution >= 0.6 is 0 Å². The normalized spacial score (nSPS) is 20.3. The van der Waals surface area contributed by atoms with Crippen LogP contribution in [0.2, 0.25) is 0 Å². The van der Waals surface area contributed by atoms with E-state index in [1.807, 2.05) is 6.92 Å². The molecule has 19 heavy (non-hydrogen) atoms.